The molecule has 1 amide bonds. The SMILES string of the molecule is CS(=O)(=O)c1ccc(OCC2(CNC(=O)c3cccnc3)C[C@@H](O)[C@@H](O)C2)cc1.Cl. The van der Waals surface area contributed by atoms with E-state index in [-0.39, 0.29) is 49.2 Å². The van der Waals surface area contributed by atoms with Gasteiger partial charge in [-0.05, 0) is 49.2 Å². The minimum atomic E-state index is -3.30. The van der Waals surface area contributed by atoms with E-state index in [1.165, 1.54) is 18.3 Å². The summed E-state index contributed by atoms with van der Waals surface area (Å²) in [5.41, 5.74) is -0.245. The molecule has 0 spiro atoms. The van der Waals surface area contributed by atoms with Crippen molar-refractivity contribution in [2.45, 2.75) is 29.9 Å². The number of nitrogens with one attached hydrogen (secondary N) is 1. The number of amides is 1. The van der Waals surface area contributed by atoms with Gasteiger partial charge in [0.05, 0.1) is 29.3 Å². The molecule has 1 aliphatic carbocycles. The number of sulfone groups is 1. The molecule has 3 atom stereocenters. The fraction of sp³-hybridized carbons (Fsp3) is 0.400. The maximum atomic E-state index is 12.3. The lowest BCUT2D eigenvalue weighted by atomic mass is 9.86. The van der Waals surface area contributed by atoms with E-state index in [9.17, 15) is 23.4 Å². The molecular weight excluding hydrogens is 432 g/mol. The number of hydrogen-bond donors (Lipinski definition) is 3. The highest BCUT2D eigenvalue weighted by atomic mass is 35.5. The molecule has 1 aliphatic rings. The first kappa shape index (κ1) is 24.1. The van der Waals surface area contributed by atoms with Gasteiger partial charge in [0.15, 0.2) is 9.84 Å². The van der Waals surface area contributed by atoms with Gasteiger partial charge < -0.3 is 20.3 Å². The Morgan fingerprint density at radius 2 is 1.83 bits per heavy atom. The molecule has 10 heteroatoms. The van der Waals surface area contributed by atoms with Crippen LogP contribution in [0.25, 0.3) is 0 Å². The number of aliphatic hydroxyl groups excluding tert-OH is 2. The van der Waals surface area contributed by atoms with E-state index < -0.39 is 27.5 Å². The molecule has 0 saturated heterocycles. The number of aromatic nitrogens is 1. The summed E-state index contributed by atoms with van der Waals surface area (Å²) in [5.74, 6) is 0.164. The lowest BCUT2D eigenvalue weighted by molar-refractivity contribution is 0.0438. The second kappa shape index (κ2) is 9.74. The Kier molecular flexibility index (Phi) is 7.81. The Morgan fingerprint density at radius 3 is 2.37 bits per heavy atom. The van der Waals surface area contributed by atoms with Crippen LogP contribution in [0.2, 0.25) is 0 Å². The maximum Gasteiger partial charge on any atom is 0.252 e. The molecular formula is C20H25ClN2O6S. The highest BCUT2D eigenvalue weighted by molar-refractivity contribution is 7.90. The standard InChI is InChI=1S/C20H24N2O6S.ClH/c1-29(26,27)16-6-4-15(5-7-16)28-13-20(9-17(23)18(24)10-20)12-22-19(25)14-3-2-8-21-11-14;/h2-8,11,17-18,23-24H,9-10,12-13H2,1H3,(H,22,25);1H/t17-,18+,20?;. The van der Waals surface area contributed by atoms with Crippen LogP contribution < -0.4 is 10.1 Å². The summed E-state index contributed by atoms with van der Waals surface area (Å²) < 4.78 is 28.9. The van der Waals surface area contributed by atoms with E-state index >= 15 is 0 Å². The maximum absolute atomic E-state index is 12.3. The molecule has 30 heavy (non-hydrogen) atoms. The molecule has 3 N–H and O–H groups in total. The minimum absolute atomic E-state index is 0. The van der Waals surface area contributed by atoms with Gasteiger partial charge in [0, 0.05) is 30.6 Å². The summed E-state index contributed by atoms with van der Waals surface area (Å²) in [5, 5.41) is 22.9. The van der Waals surface area contributed by atoms with Gasteiger partial charge in [-0.3, -0.25) is 9.78 Å². The third-order valence-electron chi connectivity index (χ3n) is 5.07. The number of nitrogens with zero attached hydrogens (tertiary/aromatic N) is 1. The summed E-state index contributed by atoms with van der Waals surface area (Å²) >= 11 is 0. The van der Waals surface area contributed by atoms with Crippen LogP contribution in [0.5, 0.6) is 5.75 Å². The third kappa shape index (κ3) is 5.91. The number of rotatable bonds is 7. The van der Waals surface area contributed by atoms with Crippen LogP contribution in [0.15, 0.2) is 53.7 Å². The Morgan fingerprint density at radius 1 is 1.20 bits per heavy atom. The van der Waals surface area contributed by atoms with Crippen LogP contribution in [0.4, 0.5) is 0 Å². The molecule has 0 aliphatic heterocycles. The molecule has 1 fully saturated rings. The van der Waals surface area contributed by atoms with Crippen molar-refractivity contribution in [3.8, 4) is 5.75 Å². The summed E-state index contributed by atoms with van der Waals surface area (Å²) in [6.45, 7) is 0.350. The Bertz CT molecular complexity index is 943. The molecule has 1 saturated carbocycles. The van der Waals surface area contributed by atoms with Gasteiger partial charge in [-0.15, -0.1) is 12.4 Å². The quantitative estimate of drug-likeness (QED) is 0.571. The zero-order chi connectivity index (χ0) is 21.1. The molecule has 0 bridgehead atoms. The monoisotopic (exact) mass is 456 g/mol. The lowest BCUT2D eigenvalue weighted by Gasteiger charge is -2.29. The van der Waals surface area contributed by atoms with Crippen molar-refractivity contribution in [3.63, 3.8) is 0 Å². The smallest absolute Gasteiger partial charge is 0.252 e. The number of halogens is 1. The molecule has 0 radical (unpaired) electrons. The number of carbonyl (C=O) groups is 1. The fourth-order valence-electron chi connectivity index (χ4n) is 3.44. The van der Waals surface area contributed by atoms with Gasteiger partial charge in [0.1, 0.15) is 5.75 Å². The van der Waals surface area contributed by atoms with Crippen LogP contribution in [0.3, 0.4) is 0 Å². The van der Waals surface area contributed by atoms with Crippen molar-refractivity contribution in [3.05, 3.63) is 54.4 Å². The zero-order valence-electron chi connectivity index (χ0n) is 16.4. The molecule has 1 aromatic carbocycles. The van der Waals surface area contributed by atoms with E-state index in [1.807, 2.05) is 0 Å². The summed E-state index contributed by atoms with van der Waals surface area (Å²) in [6.07, 6.45) is 2.89. The van der Waals surface area contributed by atoms with Crippen molar-refractivity contribution >= 4 is 28.2 Å². The van der Waals surface area contributed by atoms with E-state index in [2.05, 4.69) is 10.3 Å². The van der Waals surface area contributed by atoms with Crippen LogP contribution in [0.1, 0.15) is 23.2 Å². The topological polar surface area (TPSA) is 126 Å². The largest absolute Gasteiger partial charge is 0.493 e. The molecule has 8 nitrogen and oxygen atoms in total. The van der Waals surface area contributed by atoms with Crippen molar-refractivity contribution in [1.29, 1.82) is 0 Å². The molecule has 3 rings (SSSR count). The first-order chi connectivity index (χ1) is 13.7. The van der Waals surface area contributed by atoms with Crippen LogP contribution >= 0.6 is 12.4 Å². The van der Waals surface area contributed by atoms with Crippen molar-refractivity contribution in [1.82, 2.24) is 10.3 Å². The molecule has 1 unspecified atom stereocenters. The molecule has 1 heterocycles. The molecule has 1 aromatic heterocycles. The second-order valence-electron chi connectivity index (χ2n) is 7.50. The average Bonchev–Trinajstić information content (AvgIpc) is 2.99. The fourth-order valence-corrected chi connectivity index (χ4v) is 4.07. The predicted molar refractivity (Wildman–Crippen MR) is 113 cm³/mol. The number of ether oxygens (including phenoxy) is 1. The lowest BCUT2D eigenvalue weighted by Crippen LogP contribution is -2.40. The van der Waals surface area contributed by atoms with E-state index in [4.69, 9.17) is 4.74 Å². The highest BCUT2D eigenvalue weighted by Crippen LogP contribution is 2.38. The first-order valence-electron chi connectivity index (χ1n) is 9.16. The molecule has 164 valence electrons. The van der Waals surface area contributed by atoms with Gasteiger partial charge in [-0.1, -0.05) is 0 Å². The summed E-state index contributed by atoms with van der Waals surface area (Å²) in [6, 6.07) is 9.34. The van der Waals surface area contributed by atoms with Crippen molar-refractivity contribution in [2.24, 2.45) is 5.41 Å². The summed E-state index contributed by atoms with van der Waals surface area (Å²) in [4.78, 5) is 16.4. The van der Waals surface area contributed by atoms with E-state index in [0.29, 0.717) is 11.3 Å². The number of benzene rings is 1. The van der Waals surface area contributed by atoms with Gasteiger partial charge in [-0.2, -0.15) is 0 Å². The first-order valence-corrected chi connectivity index (χ1v) is 11.0. The Balaban J connectivity index is 0.00000320. The zero-order valence-corrected chi connectivity index (χ0v) is 18.0. The normalized spacial score (nSPS) is 23.4. The second-order valence-corrected chi connectivity index (χ2v) is 9.52. The highest BCUT2D eigenvalue weighted by Gasteiger charge is 2.45. The number of pyridine rings is 1. The average molecular weight is 457 g/mol. The van der Waals surface area contributed by atoms with Crippen LogP contribution in [-0.2, 0) is 9.84 Å². The predicted octanol–water partition coefficient (Wildman–Crippen LogP) is 1.22. The minimum Gasteiger partial charge on any atom is -0.493 e. The van der Waals surface area contributed by atoms with Crippen LogP contribution in [0, 0.1) is 5.41 Å². The molecule has 2 aromatic rings. The Labute approximate surface area is 181 Å². The number of hydrogen-bond acceptors (Lipinski definition) is 7. The van der Waals surface area contributed by atoms with Gasteiger partial charge in [0.2, 0.25) is 0 Å². The third-order valence-corrected chi connectivity index (χ3v) is 6.20. The Hall–Kier alpha value is -2.20. The van der Waals surface area contributed by atoms with Crippen molar-refractivity contribution in [2.75, 3.05) is 19.4 Å². The van der Waals surface area contributed by atoms with E-state index in [0.717, 1.165) is 6.26 Å². The van der Waals surface area contributed by atoms with Gasteiger partial charge in [-0.25, -0.2) is 8.42 Å². The van der Waals surface area contributed by atoms with Crippen LogP contribution in [-0.4, -0.2) is 61.1 Å². The summed E-state index contributed by atoms with van der Waals surface area (Å²) in [7, 11) is -3.30. The number of aliphatic hydroxyl groups is 2. The van der Waals surface area contributed by atoms with Gasteiger partial charge >= 0.3 is 0 Å². The number of carbonyl (C=O) groups excluding carboxylic acids is 1. The van der Waals surface area contributed by atoms with Crippen molar-refractivity contribution < 1.29 is 28.2 Å². The van der Waals surface area contributed by atoms with E-state index in [1.54, 1.807) is 30.5 Å². The van der Waals surface area contributed by atoms with Gasteiger partial charge in [0.25, 0.3) is 5.91 Å².